The van der Waals surface area contributed by atoms with Gasteiger partial charge in [-0.1, -0.05) is 158 Å². The predicted molar refractivity (Wildman–Crippen MR) is 228 cm³/mol. The summed E-state index contributed by atoms with van der Waals surface area (Å²) in [5.74, 6) is 0.694. The number of rotatable bonds is 5. The number of pyridine rings is 1. The molecule has 3 heterocycles. The Morgan fingerprint density at radius 2 is 0.818 bits per heavy atom. The van der Waals surface area contributed by atoms with Crippen LogP contribution in [-0.2, 0) is 0 Å². The number of aromatic nitrogens is 4. The first-order chi connectivity index (χ1) is 27.3. The zero-order valence-electron chi connectivity index (χ0n) is 29.8. The van der Waals surface area contributed by atoms with E-state index in [9.17, 15) is 0 Å². The first-order valence-electron chi connectivity index (χ1n) is 18.6. The fourth-order valence-corrected chi connectivity index (χ4v) is 8.23. The van der Waals surface area contributed by atoms with Gasteiger partial charge in [-0.2, -0.15) is 0 Å². The molecule has 0 saturated carbocycles. The molecule has 0 bridgehead atoms. The predicted octanol–water partition coefficient (Wildman–Crippen LogP) is 13.1. The lowest BCUT2D eigenvalue weighted by atomic mass is 9.95. The van der Waals surface area contributed by atoms with Gasteiger partial charge in [-0.25, -0.2) is 15.0 Å². The molecule has 0 N–H and O–H groups in total. The molecule has 55 heavy (non-hydrogen) atoms. The molecule has 0 aliphatic carbocycles. The van der Waals surface area contributed by atoms with Crippen molar-refractivity contribution in [3.05, 3.63) is 194 Å². The number of fused-ring (bicyclic) bond motifs is 8. The van der Waals surface area contributed by atoms with Crippen molar-refractivity contribution in [2.45, 2.75) is 0 Å². The van der Waals surface area contributed by atoms with E-state index in [1.807, 2.05) is 12.1 Å². The van der Waals surface area contributed by atoms with E-state index in [1.54, 1.807) is 0 Å². The van der Waals surface area contributed by atoms with Gasteiger partial charge in [0.2, 0.25) is 0 Å². The minimum atomic E-state index is 0.694. The highest BCUT2D eigenvalue weighted by atomic mass is 15.0. The summed E-state index contributed by atoms with van der Waals surface area (Å²) in [5.41, 5.74) is 12.7. The largest absolute Gasteiger partial charge is 0.309 e. The third kappa shape index (κ3) is 5.11. The summed E-state index contributed by atoms with van der Waals surface area (Å²) in [6.45, 7) is 0. The Morgan fingerprint density at radius 3 is 1.55 bits per heavy atom. The highest BCUT2D eigenvalue weighted by Gasteiger charge is 2.20. The summed E-state index contributed by atoms with van der Waals surface area (Å²) in [6, 6.07) is 68.4. The second-order valence-electron chi connectivity index (χ2n) is 14.0. The lowest BCUT2D eigenvalue weighted by Gasteiger charge is -2.13. The normalized spacial score (nSPS) is 11.6. The Morgan fingerprint density at radius 1 is 0.291 bits per heavy atom. The molecule has 256 valence electrons. The van der Waals surface area contributed by atoms with Crippen LogP contribution in [0.4, 0.5) is 0 Å². The second kappa shape index (κ2) is 12.6. The summed E-state index contributed by atoms with van der Waals surface area (Å²) in [5, 5.41) is 6.98. The summed E-state index contributed by atoms with van der Waals surface area (Å²) in [6.07, 6.45) is 0. The zero-order chi connectivity index (χ0) is 36.3. The molecular weight excluding hydrogens is 669 g/mol. The lowest BCUT2D eigenvalue weighted by Crippen LogP contribution is -1.96. The average Bonchev–Trinajstić information content (AvgIpc) is 3.61. The van der Waals surface area contributed by atoms with Crippen molar-refractivity contribution in [2.24, 2.45) is 0 Å². The van der Waals surface area contributed by atoms with Gasteiger partial charge in [0, 0.05) is 54.7 Å². The van der Waals surface area contributed by atoms with Gasteiger partial charge in [-0.3, -0.25) is 0 Å². The Bertz CT molecular complexity index is 3220. The molecule has 8 aromatic carbocycles. The molecule has 4 heteroatoms. The van der Waals surface area contributed by atoms with Crippen LogP contribution in [0.5, 0.6) is 0 Å². The minimum Gasteiger partial charge on any atom is -0.309 e. The Kier molecular flexibility index (Phi) is 7.14. The van der Waals surface area contributed by atoms with E-state index < -0.39 is 0 Å². The van der Waals surface area contributed by atoms with Crippen molar-refractivity contribution in [3.63, 3.8) is 0 Å². The van der Waals surface area contributed by atoms with E-state index in [0.717, 1.165) is 61.0 Å². The zero-order valence-corrected chi connectivity index (χ0v) is 29.8. The first-order valence-corrected chi connectivity index (χ1v) is 18.6. The van der Waals surface area contributed by atoms with Gasteiger partial charge in [0.15, 0.2) is 5.82 Å². The molecule has 0 aliphatic rings. The second-order valence-corrected chi connectivity index (χ2v) is 14.0. The number of hydrogen-bond donors (Lipinski definition) is 0. The van der Waals surface area contributed by atoms with Crippen molar-refractivity contribution in [2.75, 3.05) is 0 Å². The molecule has 0 fully saturated rings. The summed E-state index contributed by atoms with van der Waals surface area (Å²) >= 11 is 0. The maximum absolute atomic E-state index is 5.31. The third-order valence-electron chi connectivity index (χ3n) is 10.8. The quantitative estimate of drug-likeness (QED) is 0.168. The van der Waals surface area contributed by atoms with Crippen LogP contribution >= 0.6 is 0 Å². The van der Waals surface area contributed by atoms with Crippen LogP contribution < -0.4 is 0 Å². The summed E-state index contributed by atoms with van der Waals surface area (Å²) < 4.78 is 2.38. The van der Waals surface area contributed by atoms with Crippen molar-refractivity contribution in [3.8, 4) is 50.7 Å². The molecule has 0 atom stereocenters. The molecule has 4 nitrogen and oxygen atoms in total. The number of benzene rings is 8. The van der Waals surface area contributed by atoms with Gasteiger partial charge < -0.3 is 4.57 Å². The fourth-order valence-electron chi connectivity index (χ4n) is 8.23. The number of para-hydroxylation sites is 4. The summed E-state index contributed by atoms with van der Waals surface area (Å²) in [7, 11) is 0. The molecule has 11 rings (SSSR count). The molecule has 11 aromatic rings. The first kappa shape index (κ1) is 31.1. The van der Waals surface area contributed by atoms with E-state index in [4.69, 9.17) is 15.0 Å². The van der Waals surface area contributed by atoms with Crippen LogP contribution in [0, 0.1) is 0 Å². The van der Waals surface area contributed by atoms with Gasteiger partial charge in [0.25, 0.3) is 0 Å². The van der Waals surface area contributed by atoms with E-state index >= 15 is 0 Å². The average molecular weight is 701 g/mol. The van der Waals surface area contributed by atoms with Crippen molar-refractivity contribution >= 4 is 54.4 Å². The van der Waals surface area contributed by atoms with Crippen molar-refractivity contribution in [1.29, 1.82) is 0 Å². The minimum absolute atomic E-state index is 0.694. The Labute approximate surface area is 317 Å². The van der Waals surface area contributed by atoms with Crippen LogP contribution in [-0.4, -0.2) is 19.5 Å². The molecule has 3 aromatic heterocycles. The van der Waals surface area contributed by atoms with Crippen molar-refractivity contribution < 1.29 is 0 Å². The smallest absolute Gasteiger partial charge is 0.160 e. The van der Waals surface area contributed by atoms with Crippen LogP contribution in [0.15, 0.2) is 194 Å². The van der Waals surface area contributed by atoms with E-state index in [2.05, 4.69) is 187 Å². The van der Waals surface area contributed by atoms with Crippen LogP contribution in [0.2, 0.25) is 0 Å². The molecule has 0 radical (unpaired) electrons. The van der Waals surface area contributed by atoms with Crippen LogP contribution in [0.1, 0.15) is 0 Å². The molecular formula is C51H32N4. The monoisotopic (exact) mass is 700 g/mol. The standard InChI is InChI=1S/C51H32N4/c1-3-13-33(14-4-1)34-23-25-35(26-24-34)49-40-18-8-11-21-44(40)53-51(54-49)37-29-27-36(28-30-37)50-42-31-32-46-48(47(42)39-17-7-10-20-43(39)52-50)41-19-9-12-22-45(41)55(46)38-15-5-2-6-16-38/h1-32H. The van der Waals surface area contributed by atoms with E-state index in [0.29, 0.717) is 5.82 Å². The van der Waals surface area contributed by atoms with E-state index in [1.165, 1.54) is 38.3 Å². The van der Waals surface area contributed by atoms with Gasteiger partial charge in [-0.05, 0) is 47.5 Å². The molecule has 0 spiro atoms. The Hall–Kier alpha value is -7.43. The fraction of sp³-hybridized carbons (Fsp3) is 0. The van der Waals surface area contributed by atoms with Gasteiger partial charge >= 0.3 is 0 Å². The lowest BCUT2D eigenvalue weighted by molar-refractivity contribution is 1.18. The third-order valence-corrected chi connectivity index (χ3v) is 10.8. The van der Waals surface area contributed by atoms with Crippen molar-refractivity contribution in [1.82, 2.24) is 19.5 Å². The number of hydrogen-bond acceptors (Lipinski definition) is 3. The van der Waals surface area contributed by atoms with Gasteiger partial charge in [0.1, 0.15) is 0 Å². The SMILES string of the molecule is c1ccc(-c2ccc(-c3nc(-c4ccc(-c5nc6ccccc6c6c5ccc5c6c6ccccc6n5-c5ccccc5)cc4)nc4ccccc34)cc2)cc1. The summed E-state index contributed by atoms with van der Waals surface area (Å²) in [4.78, 5) is 15.6. The van der Waals surface area contributed by atoms with E-state index in [-0.39, 0.29) is 0 Å². The maximum Gasteiger partial charge on any atom is 0.160 e. The topological polar surface area (TPSA) is 43.6 Å². The van der Waals surface area contributed by atoms with Crippen LogP contribution in [0.25, 0.3) is 105 Å². The highest BCUT2D eigenvalue weighted by molar-refractivity contribution is 6.29. The number of nitrogens with zero attached hydrogens (tertiary/aromatic N) is 4. The highest BCUT2D eigenvalue weighted by Crippen LogP contribution is 2.42. The van der Waals surface area contributed by atoms with Gasteiger partial charge in [0.05, 0.1) is 33.5 Å². The molecule has 0 saturated heterocycles. The molecule has 0 amide bonds. The van der Waals surface area contributed by atoms with Crippen LogP contribution in [0.3, 0.4) is 0 Å². The maximum atomic E-state index is 5.31. The van der Waals surface area contributed by atoms with Gasteiger partial charge in [-0.15, -0.1) is 0 Å². The molecule has 0 unspecified atom stereocenters. The molecule has 0 aliphatic heterocycles. The Balaban J connectivity index is 1.06.